The minimum Gasteiger partial charge on any atom is -0.382 e. The number of anilines is 1. The van der Waals surface area contributed by atoms with E-state index in [-0.39, 0.29) is 6.10 Å². The highest BCUT2D eigenvalue weighted by atomic mass is 79.9. The quantitative estimate of drug-likeness (QED) is 0.794. The van der Waals surface area contributed by atoms with Crippen LogP contribution in [0.25, 0.3) is 0 Å². The molecule has 1 aromatic rings. The summed E-state index contributed by atoms with van der Waals surface area (Å²) in [6, 6.07) is 1.81. The lowest BCUT2D eigenvalue weighted by atomic mass is 10.3. The predicted molar refractivity (Wildman–Crippen MR) is 60.9 cm³/mol. The first-order valence-electron chi connectivity index (χ1n) is 4.49. The van der Waals surface area contributed by atoms with Gasteiger partial charge in [-0.1, -0.05) is 0 Å². The van der Waals surface area contributed by atoms with Gasteiger partial charge in [-0.15, -0.1) is 0 Å². The van der Waals surface area contributed by atoms with E-state index in [0.29, 0.717) is 13.2 Å². The molecule has 0 bridgehead atoms. The molecule has 1 atom stereocenters. The van der Waals surface area contributed by atoms with Crippen LogP contribution in [0.5, 0.6) is 0 Å². The maximum atomic E-state index is 5.20. The second-order valence-electron chi connectivity index (χ2n) is 2.92. The van der Waals surface area contributed by atoms with E-state index in [1.54, 1.807) is 20.3 Å². The number of hydrogen-bond donors (Lipinski definition) is 1. The van der Waals surface area contributed by atoms with Crippen molar-refractivity contribution in [3.8, 4) is 0 Å². The van der Waals surface area contributed by atoms with Crippen LogP contribution < -0.4 is 5.32 Å². The van der Waals surface area contributed by atoms with Crippen molar-refractivity contribution in [2.45, 2.75) is 6.10 Å². The fourth-order valence-electron chi connectivity index (χ4n) is 1.04. The van der Waals surface area contributed by atoms with Crippen LogP contribution in [0.1, 0.15) is 0 Å². The molecular formula is C9H14BrN3O2. The molecule has 0 amide bonds. The van der Waals surface area contributed by atoms with Crippen LogP contribution in [0.2, 0.25) is 0 Å². The molecule has 0 spiro atoms. The first-order chi connectivity index (χ1) is 7.26. The third kappa shape index (κ3) is 4.55. The molecule has 0 saturated heterocycles. The summed E-state index contributed by atoms with van der Waals surface area (Å²) in [5, 5.41) is 3.14. The minimum absolute atomic E-state index is 0.0174. The first kappa shape index (κ1) is 12.4. The van der Waals surface area contributed by atoms with Gasteiger partial charge < -0.3 is 14.8 Å². The zero-order chi connectivity index (χ0) is 11.1. The van der Waals surface area contributed by atoms with Gasteiger partial charge in [0, 0.05) is 26.8 Å². The zero-order valence-corrected chi connectivity index (χ0v) is 10.3. The summed E-state index contributed by atoms with van der Waals surface area (Å²) in [5.41, 5.74) is 0. The molecule has 6 heteroatoms. The Morgan fingerprint density at radius 1 is 1.47 bits per heavy atom. The van der Waals surface area contributed by atoms with Crippen molar-refractivity contribution in [1.29, 1.82) is 0 Å². The first-order valence-corrected chi connectivity index (χ1v) is 5.28. The van der Waals surface area contributed by atoms with Crippen molar-refractivity contribution in [2.75, 3.05) is 32.7 Å². The van der Waals surface area contributed by atoms with Crippen LogP contribution in [-0.2, 0) is 9.47 Å². The topological polar surface area (TPSA) is 56.3 Å². The number of nitrogens with zero attached hydrogens (tertiary/aromatic N) is 2. The summed E-state index contributed by atoms with van der Waals surface area (Å²) < 4.78 is 11.0. The molecule has 1 unspecified atom stereocenters. The molecule has 0 radical (unpaired) electrons. The van der Waals surface area contributed by atoms with Gasteiger partial charge in [0.15, 0.2) is 0 Å². The van der Waals surface area contributed by atoms with Gasteiger partial charge in [0.1, 0.15) is 16.7 Å². The highest BCUT2D eigenvalue weighted by Crippen LogP contribution is 2.09. The molecular weight excluding hydrogens is 262 g/mol. The van der Waals surface area contributed by atoms with E-state index in [4.69, 9.17) is 9.47 Å². The number of ether oxygens (including phenoxy) is 2. The summed E-state index contributed by atoms with van der Waals surface area (Å²) >= 11 is 3.27. The fourth-order valence-corrected chi connectivity index (χ4v) is 1.35. The lowest BCUT2D eigenvalue weighted by Gasteiger charge is -2.15. The molecule has 0 aliphatic heterocycles. The Labute approximate surface area is 97.3 Å². The van der Waals surface area contributed by atoms with Crippen molar-refractivity contribution in [2.24, 2.45) is 0 Å². The molecule has 1 N–H and O–H groups in total. The number of halogens is 1. The summed E-state index contributed by atoms with van der Waals surface area (Å²) in [7, 11) is 3.30. The van der Waals surface area contributed by atoms with E-state index >= 15 is 0 Å². The Morgan fingerprint density at radius 3 is 2.87 bits per heavy atom. The van der Waals surface area contributed by atoms with Crippen LogP contribution in [-0.4, -0.2) is 43.4 Å². The van der Waals surface area contributed by atoms with E-state index < -0.39 is 0 Å². The maximum absolute atomic E-state index is 5.20. The highest BCUT2D eigenvalue weighted by molar-refractivity contribution is 9.10. The molecule has 0 saturated carbocycles. The maximum Gasteiger partial charge on any atom is 0.130 e. The van der Waals surface area contributed by atoms with Gasteiger partial charge in [-0.2, -0.15) is 0 Å². The zero-order valence-electron chi connectivity index (χ0n) is 8.74. The Bertz CT molecular complexity index is 298. The van der Waals surface area contributed by atoms with Crippen molar-refractivity contribution < 1.29 is 9.47 Å². The van der Waals surface area contributed by atoms with Crippen LogP contribution in [0.15, 0.2) is 17.0 Å². The standard InChI is InChI=1S/C9H14BrN3O2/c1-14-5-7(15-2)4-11-9-3-8(10)12-6-13-9/h3,6-7H,4-5H2,1-2H3,(H,11,12,13). The van der Waals surface area contributed by atoms with E-state index in [0.717, 1.165) is 10.4 Å². The monoisotopic (exact) mass is 275 g/mol. The summed E-state index contributed by atoms with van der Waals surface area (Å²) in [5.74, 6) is 0.759. The van der Waals surface area contributed by atoms with Crippen molar-refractivity contribution in [3.63, 3.8) is 0 Å². The molecule has 1 heterocycles. The lowest BCUT2D eigenvalue weighted by molar-refractivity contribution is 0.0365. The molecule has 15 heavy (non-hydrogen) atoms. The molecule has 1 rings (SSSR count). The molecule has 0 aliphatic rings. The van der Waals surface area contributed by atoms with Gasteiger partial charge in [-0.3, -0.25) is 0 Å². The molecule has 1 aromatic heterocycles. The van der Waals surface area contributed by atoms with Crippen LogP contribution in [0.3, 0.4) is 0 Å². The Balaban J connectivity index is 2.41. The van der Waals surface area contributed by atoms with Gasteiger partial charge in [0.05, 0.1) is 12.7 Å². The van der Waals surface area contributed by atoms with Crippen LogP contribution >= 0.6 is 15.9 Å². The van der Waals surface area contributed by atoms with Gasteiger partial charge in [0.25, 0.3) is 0 Å². The fraction of sp³-hybridized carbons (Fsp3) is 0.556. The Hall–Kier alpha value is -0.720. The van der Waals surface area contributed by atoms with E-state index in [9.17, 15) is 0 Å². The number of rotatable bonds is 6. The molecule has 84 valence electrons. The second-order valence-corrected chi connectivity index (χ2v) is 3.73. The molecule has 5 nitrogen and oxygen atoms in total. The SMILES string of the molecule is COCC(CNc1cc(Br)ncn1)OC. The van der Waals surface area contributed by atoms with Crippen molar-refractivity contribution >= 4 is 21.7 Å². The minimum atomic E-state index is 0.0174. The average molecular weight is 276 g/mol. The molecule has 0 aromatic carbocycles. The number of aromatic nitrogens is 2. The Morgan fingerprint density at radius 2 is 2.27 bits per heavy atom. The number of methoxy groups -OCH3 is 2. The van der Waals surface area contributed by atoms with Gasteiger partial charge >= 0.3 is 0 Å². The average Bonchev–Trinajstić information content (AvgIpc) is 2.24. The predicted octanol–water partition coefficient (Wildman–Crippen LogP) is 1.31. The number of nitrogens with one attached hydrogen (secondary N) is 1. The van der Waals surface area contributed by atoms with Gasteiger partial charge in [-0.25, -0.2) is 9.97 Å². The Kier molecular flexibility index (Phi) is 5.52. The summed E-state index contributed by atoms with van der Waals surface area (Å²) in [6.07, 6.45) is 1.51. The molecule has 0 fully saturated rings. The van der Waals surface area contributed by atoms with Crippen molar-refractivity contribution in [1.82, 2.24) is 9.97 Å². The second kappa shape index (κ2) is 6.71. The highest BCUT2D eigenvalue weighted by Gasteiger charge is 2.06. The smallest absolute Gasteiger partial charge is 0.130 e. The van der Waals surface area contributed by atoms with Crippen molar-refractivity contribution in [3.05, 3.63) is 17.0 Å². The summed E-state index contributed by atoms with van der Waals surface area (Å²) in [4.78, 5) is 7.99. The lowest BCUT2D eigenvalue weighted by Crippen LogP contribution is -2.26. The van der Waals surface area contributed by atoms with Crippen LogP contribution in [0.4, 0.5) is 5.82 Å². The van der Waals surface area contributed by atoms with E-state index in [1.807, 2.05) is 0 Å². The van der Waals surface area contributed by atoms with E-state index in [1.165, 1.54) is 6.33 Å². The summed E-state index contributed by atoms with van der Waals surface area (Å²) in [6.45, 7) is 1.20. The normalized spacial score (nSPS) is 12.5. The van der Waals surface area contributed by atoms with Gasteiger partial charge in [0.2, 0.25) is 0 Å². The van der Waals surface area contributed by atoms with Gasteiger partial charge in [-0.05, 0) is 15.9 Å². The largest absolute Gasteiger partial charge is 0.382 e. The molecule has 0 aliphatic carbocycles. The van der Waals surface area contributed by atoms with E-state index in [2.05, 4.69) is 31.2 Å². The number of hydrogen-bond acceptors (Lipinski definition) is 5. The third-order valence-corrected chi connectivity index (χ3v) is 2.26. The third-order valence-electron chi connectivity index (χ3n) is 1.83. The van der Waals surface area contributed by atoms with Crippen LogP contribution in [0, 0.1) is 0 Å².